The van der Waals surface area contributed by atoms with Gasteiger partial charge in [0.15, 0.2) is 0 Å². The van der Waals surface area contributed by atoms with Crippen molar-refractivity contribution in [3.05, 3.63) is 29.8 Å². The fourth-order valence-corrected chi connectivity index (χ4v) is 2.67. The van der Waals surface area contributed by atoms with Gasteiger partial charge in [-0.3, -0.25) is 9.59 Å². The second-order valence-corrected chi connectivity index (χ2v) is 5.43. The summed E-state index contributed by atoms with van der Waals surface area (Å²) < 4.78 is 4.88. The molecule has 0 saturated carbocycles. The minimum absolute atomic E-state index is 0.0471. The Morgan fingerprint density at radius 3 is 2.62 bits per heavy atom. The molecule has 2 amide bonds. The number of benzene rings is 1. The van der Waals surface area contributed by atoms with E-state index < -0.39 is 5.97 Å². The van der Waals surface area contributed by atoms with Gasteiger partial charge in [0.1, 0.15) is 6.54 Å². The van der Waals surface area contributed by atoms with E-state index in [2.05, 4.69) is 5.32 Å². The van der Waals surface area contributed by atoms with E-state index in [1.165, 1.54) is 16.7 Å². The molecule has 0 aliphatic carbocycles. The highest BCUT2D eigenvalue weighted by Crippen LogP contribution is 2.17. The van der Waals surface area contributed by atoms with E-state index in [0.717, 1.165) is 5.75 Å². The summed E-state index contributed by atoms with van der Waals surface area (Å²) >= 11 is 1.22. The SMILES string of the molecule is CCOC(=O)c1ccc(NC(=O)CN2CCSC2=O)cc1. The van der Waals surface area contributed by atoms with Gasteiger partial charge in [-0.2, -0.15) is 0 Å². The summed E-state index contributed by atoms with van der Waals surface area (Å²) in [7, 11) is 0. The van der Waals surface area contributed by atoms with Gasteiger partial charge in [-0.15, -0.1) is 0 Å². The van der Waals surface area contributed by atoms with Crippen LogP contribution in [0.2, 0.25) is 0 Å². The van der Waals surface area contributed by atoms with Crippen LogP contribution < -0.4 is 5.32 Å². The highest BCUT2D eigenvalue weighted by molar-refractivity contribution is 8.13. The van der Waals surface area contributed by atoms with Crippen molar-refractivity contribution < 1.29 is 19.1 Å². The Kier molecular flexibility index (Phi) is 5.21. The van der Waals surface area contributed by atoms with Gasteiger partial charge in [0.2, 0.25) is 5.91 Å². The summed E-state index contributed by atoms with van der Waals surface area (Å²) in [5.41, 5.74) is 1.01. The second-order valence-electron chi connectivity index (χ2n) is 4.38. The lowest BCUT2D eigenvalue weighted by molar-refractivity contribution is -0.116. The van der Waals surface area contributed by atoms with Gasteiger partial charge >= 0.3 is 5.97 Å². The van der Waals surface area contributed by atoms with Crippen molar-refractivity contribution in [2.45, 2.75) is 6.92 Å². The number of amides is 2. The Labute approximate surface area is 126 Å². The molecule has 7 heteroatoms. The van der Waals surface area contributed by atoms with Gasteiger partial charge in [-0.1, -0.05) is 11.8 Å². The van der Waals surface area contributed by atoms with E-state index in [0.29, 0.717) is 24.4 Å². The minimum Gasteiger partial charge on any atom is -0.462 e. The Balaban J connectivity index is 1.89. The first kappa shape index (κ1) is 15.4. The number of hydrogen-bond acceptors (Lipinski definition) is 5. The molecule has 2 rings (SSSR count). The zero-order valence-electron chi connectivity index (χ0n) is 11.6. The van der Waals surface area contributed by atoms with Gasteiger partial charge < -0.3 is 15.0 Å². The monoisotopic (exact) mass is 308 g/mol. The van der Waals surface area contributed by atoms with Crippen molar-refractivity contribution in [1.29, 1.82) is 0 Å². The molecule has 0 atom stereocenters. The largest absolute Gasteiger partial charge is 0.462 e. The van der Waals surface area contributed by atoms with E-state index in [1.54, 1.807) is 31.2 Å². The Morgan fingerprint density at radius 2 is 2.05 bits per heavy atom. The molecule has 0 spiro atoms. The smallest absolute Gasteiger partial charge is 0.338 e. The highest BCUT2D eigenvalue weighted by atomic mass is 32.2. The molecule has 1 aromatic rings. The molecule has 0 bridgehead atoms. The molecule has 0 radical (unpaired) electrons. The first-order valence-corrected chi connectivity index (χ1v) is 7.57. The molecule has 21 heavy (non-hydrogen) atoms. The standard InChI is InChI=1S/C14H16N2O4S/c1-2-20-13(18)10-3-5-11(6-4-10)15-12(17)9-16-7-8-21-14(16)19/h3-6H,2,7-9H2,1H3,(H,15,17). The maximum Gasteiger partial charge on any atom is 0.338 e. The normalized spacial score (nSPS) is 14.1. The lowest BCUT2D eigenvalue weighted by atomic mass is 10.2. The molecular weight excluding hydrogens is 292 g/mol. The number of thioether (sulfide) groups is 1. The number of rotatable bonds is 5. The summed E-state index contributed by atoms with van der Waals surface area (Å²) in [6, 6.07) is 6.43. The quantitative estimate of drug-likeness (QED) is 0.842. The van der Waals surface area contributed by atoms with Crippen LogP contribution >= 0.6 is 11.8 Å². The summed E-state index contributed by atoms with van der Waals surface area (Å²) in [4.78, 5) is 36.2. The molecule has 1 heterocycles. The van der Waals surface area contributed by atoms with Crippen LogP contribution in [0.25, 0.3) is 0 Å². The lowest BCUT2D eigenvalue weighted by Gasteiger charge is -2.14. The Bertz CT molecular complexity index is 544. The predicted octanol–water partition coefficient (Wildman–Crippen LogP) is 1.97. The van der Waals surface area contributed by atoms with E-state index >= 15 is 0 Å². The van der Waals surface area contributed by atoms with Crippen LogP contribution in [0.3, 0.4) is 0 Å². The molecule has 1 aliphatic rings. The Hall–Kier alpha value is -2.02. The number of carbonyl (C=O) groups is 3. The van der Waals surface area contributed by atoms with E-state index in [-0.39, 0.29) is 17.7 Å². The first-order chi connectivity index (χ1) is 10.1. The third-order valence-corrected chi connectivity index (χ3v) is 3.75. The third-order valence-electron chi connectivity index (χ3n) is 2.86. The third kappa shape index (κ3) is 4.22. The van der Waals surface area contributed by atoms with Gasteiger partial charge in [0.25, 0.3) is 5.24 Å². The molecule has 6 nitrogen and oxygen atoms in total. The van der Waals surface area contributed by atoms with Crippen LogP contribution in [0.4, 0.5) is 10.5 Å². The number of esters is 1. The van der Waals surface area contributed by atoms with Gasteiger partial charge in [-0.25, -0.2) is 4.79 Å². The van der Waals surface area contributed by atoms with Crippen LogP contribution in [0.1, 0.15) is 17.3 Å². The number of nitrogens with zero attached hydrogens (tertiary/aromatic N) is 1. The van der Waals surface area contributed by atoms with Crippen molar-refractivity contribution in [3.8, 4) is 0 Å². The number of anilines is 1. The number of nitrogens with one attached hydrogen (secondary N) is 1. The molecule has 112 valence electrons. The predicted molar refractivity (Wildman–Crippen MR) is 80.5 cm³/mol. The zero-order valence-corrected chi connectivity index (χ0v) is 12.4. The zero-order chi connectivity index (χ0) is 15.2. The molecule has 0 aromatic heterocycles. The summed E-state index contributed by atoms with van der Waals surface area (Å²) in [6.07, 6.45) is 0. The van der Waals surface area contributed by atoms with E-state index in [1.807, 2.05) is 0 Å². The van der Waals surface area contributed by atoms with Gasteiger partial charge in [0, 0.05) is 18.0 Å². The molecule has 0 unspecified atom stereocenters. The summed E-state index contributed by atoms with van der Waals surface area (Å²) in [6.45, 7) is 2.70. The number of carbonyl (C=O) groups excluding carboxylic acids is 3. The average molecular weight is 308 g/mol. The van der Waals surface area contributed by atoms with Crippen molar-refractivity contribution in [2.75, 3.05) is 30.8 Å². The van der Waals surface area contributed by atoms with Crippen molar-refractivity contribution in [3.63, 3.8) is 0 Å². The van der Waals surface area contributed by atoms with Crippen LogP contribution in [0, 0.1) is 0 Å². The second kappa shape index (κ2) is 7.12. The van der Waals surface area contributed by atoms with Gasteiger partial charge in [0.05, 0.1) is 12.2 Å². The van der Waals surface area contributed by atoms with Crippen molar-refractivity contribution >= 4 is 34.6 Å². The first-order valence-electron chi connectivity index (χ1n) is 6.59. The van der Waals surface area contributed by atoms with Crippen molar-refractivity contribution in [2.24, 2.45) is 0 Å². The fourth-order valence-electron chi connectivity index (χ4n) is 1.85. The molecule has 1 saturated heterocycles. The van der Waals surface area contributed by atoms with Crippen molar-refractivity contribution in [1.82, 2.24) is 4.90 Å². The van der Waals surface area contributed by atoms with Crippen LogP contribution in [0.15, 0.2) is 24.3 Å². The van der Waals surface area contributed by atoms with E-state index in [4.69, 9.17) is 4.74 Å². The fraction of sp³-hybridized carbons (Fsp3) is 0.357. The molecule has 1 fully saturated rings. The maximum absolute atomic E-state index is 11.8. The minimum atomic E-state index is -0.393. The molecule has 1 aromatic carbocycles. The summed E-state index contributed by atoms with van der Waals surface area (Å²) in [5, 5.41) is 2.63. The van der Waals surface area contributed by atoms with Crippen LogP contribution in [-0.4, -0.2) is 47.5 Å². The summed E-state index contributed by atoms with van der Waals surface area (Å²) in [5.74, 6) is 0.0742. The molecule has 1 aliphatic heterocycles. The average Bonchev–Trinajstić information content (AvgIpc) is 2.85. The van der Waals surface area contributed by atoms with Gasteiger partial charge in [-0.05, 0) is 31.2 Å². The maximum atomic E-state index is 11.8. The number of hydrogen-bond donors (Lipinski definition) is 1. The van der Waals surface area contributed by atoms with Crippen LogP contribution in [0.5, 0.6) is 0 Å². The topological polar surface area (TPSA) is 75.7 Å². The van der Waals surface area contributed by atoms with Crippen LogP contribution in [-0.2, 0) is 9.53 Å². The Morgan fingerprint density at radius 1 is 1.33 bits per heavy atom. The number of ether oxygens (including phenoxy) is 1. The van der Waals surface area contributed by atoms with E-state index in [9.17, 15) is 14.4 Å². The highest BCUT2D eigenvalue weighted by Gasteiger charge is 2.23. The lowest BCUT2D eigenvalue weighted by Crippen LogP contribution is -2.33. The molecule has 1 N–H and O–H groups in total. The molecular formula is C14H16N2O4S.